The van der Waals surface area contributed by atoms with Gasteiger partial charge in [0.05, 0.1) is 47.9 Å². The molecule has 0 radical (unpaired) electrons. The van der Waals surface area contributed by atoms with E-state index < -0.39 is 0 Å². The van der Waals surface area contributed by atoms with E-state index in [2.05, 4.69) is 284 Å². The number of halogens is 4. The highest BCUT2D eigenvalue weighted by Crippen LogP contribution is 2.38. The van der Waals surface area contributed by atoms with Crippen molar-refractivity contribution in [1.29, 1.82) is 0 Å². The molecular formula is C96H132Cl4O8. The second-order valence-electron chi connectivity index (χ2n) is 31.3. The van der Waals surface area contributed by atoms with Gasteiger partial charge in [0.1, 0.15) is 72.4 Å². The molecule has 0 bridgehead atoms. The third-order valence-electron chi connectivity index (χ3n) is 21.0. The van der Waals surface area contributed by atoms with E-state index in [0.29, 0.717) is 50.1 Å². The van der Waals surface area contributed by atoms with Gasteiger partial charge >= 0.3 is 0 Å². The molecule has 0 spiro atoms. The highest BCUT2D eigenvalue weighted by Gasteiger charge is 2.28. The second-order valence-corrected chi connectivity index (χ2v) is 33.7. The molecule has 8 rings (SSSR count). The standard InChI is InChI=1S/4C24H33ClO2/c4*1-6-18(3)16-26-22-12-8-19(9-13-22)24(4,5)20-10-14-23(15-11-20)27-17-21(25)7-2/h4*8-15,18,21H,6-7,16-17H2,1-5H3/t2*18-,21+;2*18-,21-/m1010/s1. The van der Waals surface area contributed by atoms with E-state index >= 15 is 0 Å². The van der Waals surface area contributed by atoms with Gasteiger partial charge in [0.2, 0.25) is 0 Å². The number of rotatable bonds is 40. The Morgan fingerprint density at radius 1 is 0.194 bits per heavy atom. The molecule has 0 unspecified atom stereocenters. The van der Waals surface area contributed by atoms with Gasteiger partial charge in [-0.1, -0.05) is 261 Å². The van der Waals surface area contributed by atoms with Gasteiger partial charge in [-0.05, 0) is 191 Å². The van der Waals surface area contributed by atoms with E-state index in [0.717, 1.165) is 124 Å². The van der Waals surface area contributed by atoms with Crippen molar-refractivity contribution in [3.8, 4) is 46.0 Å². The summed E-state index contributed by atoms with van der Waals surface area (Å²) in [7, 11) is 0. The summed E-state index contributed by atoms with van der Waals surface area (Å²) < 4.78 is 46.5. The predicted octanol–water partition coefficient (Wildman–Crippen LogP) is 27.3. The van der Waals surface area contributed by atoms with Crippen molar-refractivity contribution in [3.05, 3.63) is 239 Å². The summed E-state index contributed by atoms with van der Waals surface area (Å²) >= 11 is 24.5. The first-order valence-corrected chi connectivity index (χ1v) is 41.6. The molecule has 8 nitrogen and oxygen atoms in total. The Labute approximate surface area is 673 Å². The Hall–Kier alpha value is -6.68. The molecule has 8 aromatic carbocycles. The van der Waals surface area contributed by atoms with Crippen LogP contribution < -0.4 is 37.9 Å². The first-order chi connectivity index (χ1) is 51.4. The van der Waals surface area contributed by atoms with Crippen LogP contribution in [0.1, 0.15) is 234 Å². The van der Waals surface area contributed by atoms with E-state index in [4.69, 9.17) is 84.3 Å². The van der Waals surface area contributed by atoms with Crippen LogP contribution >= 0.6 is 46.4 Å². The Morgan fingerprint density at radius 2 is 0.306 bits per heavy atom. The second kappa shape index (κ2) is 46.9. The average Bonchev–Trinajstić information content (AvgIpc) is 0.823. The molecule has 8 aromatic rings. The lowest BCUT2D eigenvalue weighted by Gasteiger charge is -2.26. The molecule has 592 valence electrons. The topological polar surface area (TPSA) is 73.8 Å². The predicted molar refractivity (Wildman–Crippen MR) is 462 cm³/mol. The maximum Gasteiger partial charge on any atom is 0.119 e. The van der Waals surface area contributed by atoms with Gasteiger partial charge in [-0.3, -0.25) is 0 Å². The van der Waals surface area contributed by atoms with Gasteiger partial charge < -0.3 is 37.9 Å². The molecule has 0 saturated heterocycles. The van der Waals surface area contributed by atoms with Crippen LogP contribution in [0, 0.1) is 23.7 Å². The van der Waals surface area contributed by atoms with E-state index in [1.54, 1.807) is 0 Å². The maximum atomic E-state index is 6.12. The highest BCUT2D eigenvalue weighted by atomic mass is 35.5. The van der Waals surface area contributed by atoms with E-state index in [9.17, 15) is 0 Å². The molecule has 12 heteroatoms. The van der Waals surface area contributed by atoms with E-state index in [-0.39, 0.29) is 43.2 Å². The SMILES string of the molecule is CC[C@@H](C)COc1ccc(C(C)(C)c2ccc(OC[C@@H](Cl)CC)cc2)cc1.CC[C@@H](C)COc1ccc(C(C)(C)c2ccc(OC[C@H](Cl)CC)cc2)cc1.CC[C@H](C)COc1ccc(C(C)(C)c2ccc(OC[C@@H](Cl)CC)cc2)cc1.CC[C@H](C)COc1ccc(C(C)(C)c2ccc(OC[C@H](Cl)CC)cc2)cc1. The fourth-order valence-corrected chi connectivity index (χ4v) is 11.3. The molecule has 0 aliphatic rings. The number of benzene rings is 8. The van der Waals surface area contributed by atoms with Crippen LogP contribution in [0.4, 0.5) is 0 Å². The zero-order chi connectivity index (χ0) is 79.5. The molecule has 108 heavy (non-hydrogen) atoms. The molecule has 0 amide bonds. The summed E-state index contributed by atoms with van der Waals surface area (Å²) in [5.41, 5.74) is 9.69. The number of hydrogen-bond acceptors (Lipinski definition) is 8. The zero-order valence-electron chi connectivity index (χ0n) is 69.2. The third-order valence-corrected chi connectivity index (χ3v) is 22.8. The largest absolute Gasteiger partial charge is 0.493 e. The highest BCUT2D eigenvalue weighted by molar-refractivity contribution is 6.21. The lowest BCUT2D eigenvalue weighted by Crippen LogP contribution is -2.19. The van der Waals surface area contributed by atoms with Crippen LogP contribution in [0.2, 0.25) is 0 Å². The molecule has 0 aliphatic heterocycles. The lowest BCUT2D eigenvalue weighted by atomic mass is 9.78. The molecule has 8 atom stereocenters. The Balaban J connectivity index is 0.000000258. The molecule has 0 aromatic heterocycles. The fraction of sp³-hybridized carbons (Fsp3) is 0.500. The number of hydrogen-bond donors (Lipinski definition) is 0. The first-order valence-electron chi connectivity index (χ1n) is 39.9. The van der Waals surface area contributed by atoms with Crippen LogP contribution in [0.25, 0.3) is 0 Å². The molecule has 0 fully saturated rings. The van der Waals surface area contributed by atoms with Gasteiger partial charge in [-0.15, -0.1) is 46.4 Å². The van der Waals surface area contributed by atoms with Crippen LogP contribution in [0.5, 0.6) is 46.0 Å². The van der Waals surface area contributed by atoms with Gasteiger partial charge in [-0.25, -0.2) is 0 Å². The Kier molecular flexibility index (Phi) is 39.9. The summed E-state index contributed by atoms with van der Waals surface area (Å²) in [4.78, 5) is 0. The number of alkyl halides is 4. The smallest absolute Gasteiger partial charge is 0.119 e. The summed E-state index contributed by atoms with van der Waals surface area (Å²) in [5, 5.41) is 0.230. The average molecular weight is 1560 g/mol. The summed E-state index contributed by atoms with van der Waals surface area (Å²) in [6.07, 6.45) is 8.16. The van der Waals surface area contributed by atoms with Crippen molar-refractivity contribution >= 4 is 46.4 Å². The summed E-state index contributed by atoms with van der Waals surface area (Å²) in [5.74, 6) is 9.50. The molecule has 0 N–H and O–H groups in total. The first kappa shape index (κ1) is 91.9. The molecule has 0 aliphatic carbocycles. The van der Waals surface area contributed by atoms with Crippen molar-refractivity contribution in [2.45, 2.75) is 233 Å². The van der Waals surface area contributed by atoms with Gasteiger partial charge in [0, 0.05) is 21.7 Å². The van der Waals surface area contributed by atoms with Crippen LogP contribution in [-0.2, 0) is 21.7 Å². The zero-order valence-corrected chi connectivity index (χ0v) is 72.2. The van der Waals surface area contributed by atoms with Crippen molar-refractivity contribution in [2.75, 3.05) is 52.9 Å². The monoisotopic (exact) mass is 1550 g/mol. The van der Waals surface area contributed by atoms with Crippen LogP contribution in [-0.4, -0.2) is 74.4 Å². The van der Waals surface area contributed by atoms with Crippen LogP contribution in [0.3, 0.4) is 0 Å². The van der Waals surface area contributed by atoms with E-state index in [1.807, 2.05) is 48.5 Å². The van der Waals surface area contributed by atoms with Crippen LogP contribution in [0.15, 0.2) is 194 Å². The Morgan fingerprint density at radius 3 is 0.407 bits per heavy atom. The van der Waals surface area contributed by atoms with Gasteiger partial charge in [0.15, 0.2) is 0 Å². The fourth-order valence-electron chi connectivity index (χ4n) is 11.1. The summed E-state index contributed by atoms with van der Waals surface area (Å²) in [6, 6.07) is 67.2. The van der Waals surface area contributed by atoms with Crippen molar-refractivity contribution in [3.63, 3.8) is 0 Å². The van der Waals surface area contributed by atoms with Gasteiger partial charge in [0.25, 0.3) is 0 Å². The normalized spacial score (nSPS) is 13.9. The van der Waals surface area contributed by atoms with Crippen molar-refractivity contribution in [1.82, 2.24) is 0 Å². The quantitative estimate of drug-likeness (QED) is 0.0352. The minimum absolute atomic E-state index is 0.0576. The lowest BCUT2D eigenvalue weighted by molar-refractivity contribution is 0.256. The van der Waals surface area contributed by atoms with Gasteiger partial charge in [-0.2, -0.15) is 0 Å². The maximum absolute atomic E-state index is 6.12. The minimum Gasteiger partial charge on any atom is -0.493 e. The molecular weight excluding hydrogens is 1420 g/mol. The number of ether oxygens (including phenoxy) is 8. The van der Waals surface area contributed by atoms with Crippen molar-refractivity contribution in [2.24, 2.45) is 23.7 Å². The van der Waals surface area contributed by atoms with E-state index in [1.165, 1.54) is 44.5 Å². The minimum atomic E-state index is -0.0911. The molecule has 0 saturated carbocycles. The third kappa shape index (κ3) is 30.5. The van der Waals surface area contributed by atoms with Crippen molar-refractivity contribution < 1.29 is 37.9 Å². The molecule has 0 heterocycles. The Bertz CT molecular complexity index is 2960. The summed E-state index contributed by atoms with van der Waals surface area (Å²) in [6.45, 7) is 49.0.